The van der Waals surface area contributed by atoms with Gasteiger partial charge in [0.2, 0.25) is 5.88 Å². The van der Waals surface area contributed by atoms with E-state index in [1.165, 1.54) is 0 Å². The lowest BCUT2D eigenvalue weighted by Gasteiger charge is -2.13. The predicted octanol–water partition coefficient (Wildman–Crippen LogP) is 5.73. The fourth-order valence-electron chi connectivity index (χ4n) is 4.05. The second-order valence-electron chi connectivity index (χ2n) is 8.83. The summed E-state index contributed by atoms with van der Waals surface area (Å²) in [5.74, 6) is 0.0582. The number of nitrogens with zero attached hydrogens (tertiary/aromatic N) is 2. The third-order valence-corrected chi connectivity index (χ3v) is 5.58. The van der Waals surface area contributed by atoms with E-state index in [2.05, 4.69) is 17.1 Å². The summed E-state index contributed by atoms with van der Waals surface area (Å²) in [5.41, 5.74) is 12.2. The minimum absolute atomic E-state index is 0.214. The van der Waals surface area contributed by atoms with Gasteiger partial charge in [-0.3, -0.25) is 0 Å². The second-order valence-corrected chi connectivity index (χ2v) is 8.83. The third-order valence-electron chi connectivity index (χ3n) is 5.58. The van der Waals surface area contributed by atoms with Gasteiger partial charge in [0.25, 0.3) is 0 Å². The van der Waals surface area contributed by atoms with Crippen LogP contribution in [0.15, 0.2) is 78.9 Å². The number of aromatic nitrogens is 1. The predicted molar refractivity (Wildman–Crippen MR) is 139 cm³/mol. The number of hydrogen-bond donors (Lipinski definition) is 2. The number of aryl methyl sites for hydroxylation is 1. The highest BCUT2D eigenvalue weighted by Crippen LogP contribution is 2.31. The quantitative estimate of drug-likeness (QED) is 0.344. The van der Waals surface area contributed by atoms with Crippen LogP contribution in [-0.2, 0) is 13.1 Å². The van der Waals surface area contributed by atoms with Gasteiger partial charge in [0, 0.05) is 24.7 Å². The Morgan fingerprint density at radius 3 is 2.49 bits per heavy atom. The first-order valence-electron chi connectivity index (χ1n) is 11.4. The lowest BCUT2D eigenvalue weighted by Crippen LogP contribution is -2.11. The molecule has 0 aliphatic rings. The number of aromatic carboxylic acids is 1. The highest BCUT2D eigenvalue weighted by Gasteiger charge is 2.15. The van der Waals surface area contributed by atoms with Gasteiger partial charge in [-0.05, 0) is 79.2 Å². The molecule has 0 saturated heterocycles. The molecule has 0 unspecified atom stereocenters. The Bertz CT molecular complexity index is 1370. The van der Waals surface area contributed by atoms with E-state index in [1.54, 1.807) is 18.2 Å². The molecule has 0 amide bonds. The van der Waals surface area contributed by atoms with E-state index in [0.29, 0.717) is 36.0 Å². The van der Waals surface area contributed by atoms with Crippen molar-refractivity contribution in [1.29, 1.82) is 0 Å². The van der Waals surface area contributed by atoms with Crippen molar-refractivity contribution in [1.82, 2.24) is 9.88 Å². The van der Waals surface area contributed by atoms with Gasteiger partial charge in [-0.1, -0.05) is 42.5 Å². The number of hydrogen-bond acceptors (Lipinski definition) is 5. The Labute approximate surface area is 205 Å². The summed E-state index contributed by atoms with van der Waals surface area (Å²) in [4.78, 5) is 18.6. The number of nitrogens with two attached hydrogens (primary N) is 1. The minimum atomic E-state index is -0.989. The van der Waals surface area contributed by atoms with Crippen LogP contribution in [0.2, 0.25) is 0 Å². The number of pyridine rings is 1. The highest BCUT2D eigenvalue weighted by molar-refractivity contribution is 5.95. The average Bonchev–Trinajstić information content (AvgIpc) is 2.83. The Kier molecular flexibility index (Phi) is 7.25. The molecule has 3 N–H and O–H groups in total. The lowest BCUT2D eigenvalue weighted by atomic mass is 10.0. The van der Waals surface area contributed by atoms with Gasteiger partial charge >= 0.3 is 5.97 Å². The van der Waals surface area contributed by atoms with E-state index in [4.69, 9.17) is 10.5 Å². The summed E-state index contributed by atoms with van der Waals surface area (Å²) in [6, 6.07) is 25.0. The van der Waals surface area contributed by atoms with Crippen LogP contribution in [0.4, 0.5) is 0 Å². The van der Waals surface area contributed by atoms with Crippen molar-refractivity contribution in [3.63, 3.8) is 0 Å². The molecule has 4 rings (SSSR count). The summed E-state index contributed by atoms with van der Waals surface area (Å²) >= 11 is 0. The van der Waals surface area contributed by atoms with E-state index in [9.17, 15) is 9.90 Å². The van der Waals surface area contributed by atoms with Gasteiger partial charge in [-0.15, -0.1) is 0 Å². The van der Waals surface area contributed by atoms with Crippen LogP contribution in [0.5, 0.6) is 11.6 Å². The minimum Gasteiger partial charge on any atom is -0.478 e. The molecule has 6 nitrogen and oxygen atoms in total. The molecular formula is C29H29N3O3. The molecule has 0 radical (unpaired) electrons. The standard InChI is InChI=1S/C29H29N3O3/c1-19-12-23(22-7-4-6-20(14-22)17-30)16-24(13-19)35-28-9-5-8-27(31-28)25-11-10-21(18-32(2)3)15-26(25)29(33)34/h4-16H,17-18,30H2,1-3H3,(H,33,34). The Morgan fingerprint density at radius 2 is 1.74 bits per heavy atom. The molecular weight excluding hydrogens is 438 g/mol. The Hall–Kier alpha value is -4.00. The first-order valence-corrected chi connectivity index (χ1v) is 11.4. The second kappa shape index (κ2) is 10.5. The molecule has 3 aromatic carbocycles. The van der Waals surface area contributed by atoms with Gasteiger partial charge in [-0.25, -0.2) is 9.78 Å². The normalized spacial score (nSPS) is 11.0. The van der Waals surface area contributed by atoms with Crippen LogP contribution in [-0.4, -0.2) is 35.1 Å². The van der Waals surface area contributed by atoms with E-state index < -0.39 is 5.97 Å². The molecule has 0 spiro atoms. The van der Waals surface area contributed by atoms with Gasteiger partial charge < -0.3 is 20.5 Å². The van der Waals surface area contributed by atoms with Gasteiger partial charge in [0.1, 0.15) is 5.75 Å². The lowest BCUT2D eigenvalue weighted by molar-refractivity contribution is 0.0697. The number of carbonyl (C=O) groups is 1. The fraction of sp³-hybridized carbons (Fsp3) is 0.172. The van der Waals surface area contributed by atoms with E-state index in [1.807, 2.05) is 74.4 Å². The van der Waals surface area contributed by atoms with Gasteiger partial charge in [0.05, 0.1) is 11.3 Å². The zero-order valence-electron chi connectivity index (χ0n) is 20.2. The molecule has 35 heavy (non-hydrogen) atoms. The fourth-order valence-corrected chi connectivity index (χ4v) is 4.05. The number of carboxylic acids is 1. The summed E-state index contributed by atoms with van der Waals surface area (Å²) in [5, 5.41) is 9.82. The molecule has 0 bridgehead atoms. The molecule has 1 aromatic heterocycles. The molecule has 4 aromatic rings. The number of ether oxygens (including phenoxy) is 1. The summed E-state index contributed by atoms with van der Waals surface area (Å²) in [7, 11) is 3.89. The zero-order chi connectivity index (χ0) is 24.9. The molecule has 0 atom stereocenters. The Balaban J connectivity index is 1.66. The van der Waals surface area contributed by atoms with Gasteiger partial charge in [-0.2, -0.15) is 0 Å². The van der Waals surface area contributed by atoms with Crippen LogP contribution in [0, 0.1) is 6.92 Å². The number of rotatable bonds is 8. The van der Waals surface area contributed by atoms with Crippen LogP contribution >= 0.6 is 0 Å². The largest absolute Gasteiger partial charge is 0.478 e. The summed E-state index contributed by atoms with van der Waals surface area (Å²) < 4.78 is 6.13. The molecule has 178 valence electrons. The topological polar surface area (TPSA) is 88.7 Å². The SMILES string of the molecule is Cc1cc(Oc2cccc(-c3ccc(CN(C)C)cc3C(=O)O)n2)cc(-c2cccc(CN)c2)c1. The number of benzene rings is 3. The summed E-state index contributed by atoms with van der Waals surface area (Å²) in [6.07, 6.45) is 0. The molecule has 0 fully saturated rings. The maximum absolute atomic E-state index is 12.0. The first-order chi connectivity index (χ1) is 16.8. The van der Waals surface area contributed by atoms with E-state index >= 15 is 0 Å². The van der Waals surface area contributed by atoms with Crippen LogP contribution in [0.3, 0.4) is 0 Å². The molecule has 1 heterocycles. The van der Waals surface area contributed by atoms with Crippen molar-refractivity contribution in [2.45, 2.75) is 20.0 Å². The molecule has 0 aliphatic carbocycles. The molecule has 6 heteroatoms. The summed E-state index contributed by atoms with van der Waals surface area (Å²) in [6.45, 7) is 3.15. The van der Waals surface area contributed by atoms with Gasteiger partial charge in [0.15, 0.2) is 0 Å². The van der Waals surface area contributed by atoms with Crippen molar-refractivity contribution in [2.24, 2.45) is 5.73 Å². The van der Waals surface area contributed by atoms with Crippen molar-refractivity contribution in [3.8, 4) is 34.0 Å². The van der Waals surface area contributed by atoms with Crippen molar-refractivity contribution in [3.05, 3.63) is 101 Å². The number of carboxylic acid groups (broad SMARTS) is 1. The Morgan fingerprint density at radius 1 is 0.943 bits per heavy atom. The third kappa shape index (κ3) is 5.93. The maximum Gasteiger partial charge on any atom is 0.336 e. The van der Waals surface area contributed by atoms with E-state index in [0.717, 1.165) is 27.8 Å². The maximum atomic E-state index is 12.0. The van der Waals surface area contributed by atoms with Crippen LogP contribution in [0.1, 0.15) is 27.0 Å². The van der Waals surface area contributed by atoms with Crippen LogP contribution in [0.25, 0.3) is 22.4 Å². The van der Waals surface area contributed by atoms with Crippen molar-refractivity contribution >= 4 is 5.97 Å². The van der Waals surface area contributed by atoms with Crippen LogP contribution < -0.4 is 10.5 Å². The average molecular weight is 468 g/mol. The van der Waals surface area contributed by atoms with E-state index in [-0.39, 0.29) is 5.56 Å². The monoisotopic (exact) mass is 467 g/mol. The molecule has 0 saturated carbocycles. The first kappa shape index (κ1) is 24.1. The van der Waals surface area contributed by atoms with Crippen molar-refractivity contribution < 1.29 is 14.6 Å². The molecule has 0 aliphatic heterocycles. The smallest absolute Gasteiger partial charge is 0.336 e. The highest BCUT2D eigenvalue weighted by atomic mass is 16.5. The zero-order valence-corrected chi connectivity index (χ0v) is 20.2. The van der Waals surface area contributed by atoms with Crippen molar-refractivity contribution in [2.75, 3.05) is 14.1 Å².